The summed E-state index contributed by atoms with van der Waals surface area (Å²) in [4.78, 5) is 54.9. The Hall–Kier alpha value is -6.32. The molecule has 0 spiro atoms. The number of carbonyl (C=O) groups is 4. The van der Waals surface area contributed by atoms with Crippen molar-refractivity contribution in [3.8, 4) is 0 Å². The van der Waals surface area contributed by atoms with Crippen LogP contribution in [0.2, 0.25) is 0 Å². The molecule has 2 atom stereocenters. The van der Waals surface area contributed by atoms with Crippen LogP contribution in [-0.2, 0) is 70.8 Å². The van der Waals surface area contributed by atoms with Crippen molar-refractivity contribution in [2.75, 3.05) is 32.8 Å². The van der Waals surface area contributed by atoms with E-state index in [0.29, 0.717) is 29.8 Å². The molecule has 28 heteroatoms. The van der Waals surface area contributed by atoms with E-state index in [1.54, 1.807) is 19.9 Å². The molecule has 2 heterocycles. The molecule has 0 aromatic heterocycles. The van der Waals surface area contributed by atoms with Crippen molar-refractivity contribution in [3.05, 3.63) is 130 Å². The van der Waals surface area contributed by atoms with E-state index in [1.807, 2.05) is 0 Å². The summed E-state index contributed by atoms with van der Waals surface area (Å²) in [7, 11) is -9.43. The Balaban J connectivity index is 0.952. The normalized spacial score (nSPS) is 23.9. The zero-order valence-corrected chi connectivity index (χ0v) is 48.2. The number of halogens is 14. The van der Waals surface area contributed by atoms with Crippen molar-refractivity contribution in [1.82, 2.24) is 9.80 Å². The molecule has 2 saturated carbocycles. The summed E-state index contributed by atoms with van der Waals surface area (Å²) < 4.78 is 256. The Morgan fingerprint density at radius 3 is 1.28 bits per heavy atom. The minimum atomic E-state index is -6.48. The Bertz CT molecular complexity index is 3420. The van der Waals surface area contributed by atoms with E-state index in [2.05, 4.69) is 0 Å². The molecule has 2 aliphatic carbocycles. The summed E-state index contributed by atoms with van der Waals surface area (Å²) >= 11 is 0. The summed E-state index contributed by atoms with van der Waals surface area (Å²) in [6, 6.07) is 14.4. The van der Waals surface area contributed by atoms with Crippen LogP contribution in [0.1, 0.15) is 117 Å². The molecular weight excluding hydrogens is 1230 g/mol. The van der Waals surface area contributed by atoms with Crippen LogP contribution in [0.15, 0.2) is 107 Å². The second kappa shape index (κ2) is 23.9. The number of rotatable bonds is 16. The number of likely N-dealkylation sites (tertiary alicyclic amines) is 2. The maximum absolute atomic E-state index is 15.2. The van der Waals surface area contributed by atoms with Gasteiger partial charge >= 0.3 is 48.0 Å². The molecule has 0 bridgehead atoms. The number of benzene rings is 4. The predicted molar refractivity (Wildman–Crippen MR) is 283 cm³/mol. The van der Waals surface area contributed by atoms with Crippen LogP contribution in [0, 0.1) is 23.7 Å². The highest BCUT2D eigenvalue weighted by Crippen LogP contribution is 2.56. The molecule has 0 radical (unpaired) electrons. The highest BCUT2D eigenvalue weighted by Gasteiger charge is 2.75. The van der Waals surface area contributed by atoms with Gasteiger partial charge in [-0.15, -0.1) is 0 Å². The predicted octanol–water partition coefficient (Wildman–Crippen LogP) is 12.7. The van der Waals surface area contributed by atoms with Gasteiger partial charge in [0.25, 0.3) is 0 Å². The van der Waals surface area contributed by atoms with Crippen molar-refractivity contribution in [1.29, 1.82) is 0 Å². The van der Waals surface area contributed by atoms with Gasteiger partial charge in [0.1, 0.15) is 9.49 Å². The van der Waals surface area contributed by atoms with E-state index in [-0.39, 0.29) is 136 Å². The monoisotopic (exact) mass is 1290 g/mol. The van der Waals surface area contributed by atoms with Crippen molar-refractivity contribution in [2.24, 2.45) is 23.7 Å². The maximum atomic E-state index is 15.2. The quantitative estimate of drug-likeness (QED) is 0.0840. The fourth-order valence-corrected chi connectivity index (χ4v) is 16.9. The summed E-state index contributed by atoms with van der Waals surface area (Å²) in [5, 5.41) is 9.46. The molecule has 2 amide bonds. The van der Waals surface area contributed by atoms with Crippen LogP contribution in [-0.4, -0.2) is 113 Å². The minimum Gasteiger partial charge on any atom is -0.481 e. The molecule has 4 fully saturated rings. The van der Waals surface area contributed by atoms with Crippen molar-refractivity contribution >= 4 is 43.4 Å². The molecular formula is C59H60F14N2O10S2. The van der Waals surface area contributed by atoms with Gasteiger partial charge in [-0.1, -0.05) is 86.6 Å². The lowest BCUT2D eigenvalue weighted by molar-refractivity contribution is -0.349. The zero-order valence-electron chi connectivity index (χ0n) is 46.6. The zero-order chi connectivity index (χ0) is 64.3. The van der Waals surface area contributed by atoms with E-state index in [9.17, 15) is 93.8 Å². The molecule has 4 aromatic carbocycles. The fourth-order valence-electron chi connectivity index (χ4n) is 12.6. The fraction of sp³-hybridized carbons (Fsp3) is 0.525. The summed E-state index contributed by atoms with van der Waals surface area (Å²) in [5.41, 5.74) is -15.2. The average molecular weight is 1290 g/mol. The van der Waals surface area contributed by atoms with Gasteiger partial charge in [0, 0.05) is 55.6 Å². The van der Waals surface area contributed by atoms with Gasteiger partial charge in [0.05, 0.1) is 28.2 Å². The lowest BCUT2D eigenvalue weighted by Crippen LogP contribution is -2.50. The second-order valence-electron chi connectivity index (χ2n) is 23.2. The lowest BCUT2D eigenvalue weighted by atomic mass is 9.81. The molecule has 476 valence electrons. The topological polar surface area (TPSA) is 172 Å². The summed E-state index contributed by atoms with van der Waals surface area (Å²) in [5.74, 6) is -6.00. The Morgan fingerprint density at radius 2 is 0.897 bits per heavy atom. The number of carbonyl (C=O) groups excluding carboxylic acids is 3. The first-order chi connectivity index (χ1) is 40.3. The first kappa shape index (κ1) is 66.6. The number of aliphatic carboxylic acids is 1. The molecule has 87 heavy (non-hydrogen) atoms. The van der Waals surface area contributed by atoms with Crippen LogP contribution in [0.4, 0.5) is 61.5 Å². The van der Waals surface area contributed by atoms with E-state index in [4.69, 9.17) is 4.74 Å². The standard InChI is InChI=1S/C59H60F14N2O10S2/c1-35(2)41-6-4-8-47(32-41)87(83,84)53(43-19-23-45(24-20-43)55(61,58(68,69)70)59(71,72)73)27-29-75(34-53)49(77)38-11-15-40(16-12-38)51(80)85-30-25-36-5-3-7-46(31-36)86(81,82)52(26-28-74(33-52)48(76)37-9-13-39(14-10-37)50(78)79)42-17-21-44(22-18-42)54(60,56(62,63)64)57(65,66)67/h3-8,17-24,31-32,35,37-40H,9-16,25-30,33-34H2,1-2H3,(H,78,79). The number of carboxylic acids is 1. The highest BCUT2D eigenvalue weighted by atomic mass is 32.2. The van der Waals surface area contributed by atoms with E-state index < -0.39 is 148 Å². The van der Waals surface area contributed by atoms with Crippen molar-refractivity contribution in [2.45, 2.75) is 146 Å². The van der Waals surface area contributed by atoms with Crippen LogP contribution in [0.25, 0.3) is 0 Å². The number of esters is 1. The molecule has 4 aromatic rings. The van der Waals surface area contributed by atoms with Crippen molar-refractivity contribution in [3.63, 3.8) is 0 Å². The summed E-state index contributed by atoms with van der Waals surface area (Å²) in [6.07, 6.45) is -25.8. The molecule has 2 aliphatic heterocycles. The van der Waals surface area contributed by atoms with Crippen molar-refractivity contribution < 1.29 is 107 Å². The third-order valence-corrected chi connectivity index (χ3v) is 22.8. The summed E-state index contributed by atoms with van der Waals surface area (Å²) in [6.45, 7) is 1.53. The Morgan fingerprint density at radius 1 is 0.529 bits per heavy atom. The molecule has 12 nitrogen and oxygen atoms in total. The highest BCUT2D eigenvalue weighted by molar-refractivity contribution is 7.92. The second-order valence-corrected chi connectivity index (χ2v) is 27.7. The Labute approximate surface area is 491 Å². The number of sulfone groups is 2. The third kappa shape index (κ3) is 12.1. The van der Waals surface area contributed by atoms with Gasteiger partial charge in [-0.25, -0.2) is 25.6 Å². The van der Waals surface area contributed by atoms with Crippen LogP contribution in [0.5, 0.6) is 0 Å². The average Bonchev–Trinajstić information content (AvgIpc) is 1.90. The van der Waals surface area contributed by atoms with E-state index in [0.717, 1.165) is 0 Å². The number of amides is 2. The molecule has 8 rings (SSSR count). The number of alkyl halides is 14. The molecule has 4 aliphatic rings. The number of hydrogen-bond acceptors (Lipinski definition) is 9. The molecule has 2 unspecified atom stereocenters. The van der Waals surface area contributed by atoms with Crippen LogP contribution < -0.4 is 0 Å². The largest absolute Gasteiger partial charge is 0.481 e. The first-order valence-corrected chi connectivity index (χ1v) is 30.8. The van der Waals surface area contributed by atoms with Crippen LogP contribution in [0.3, 0.4) is 0 Å². The molecule has 2 saturated heterocycles. The van der Waals surface area contributed by atoms with Gasteiger partial charge in [-0.2, -0.15) is 52.7 Å². The number of hydrogen-bond donors (Lipinski definition) is 1. The minimum absolute atomic E-state index is 0.0893. The smallest absolute Gasteiger partial charge is 0.435 e. The van der Waals surface area contributed by atoms with Crippen LogP contribution >= 0.6 is 0 Å². The molecule has 1 N–H and O–H groups in total. The van der Waals surface area contributed by atoms with Gasteiger partial charge < -0.3 is 19.6 Å². The van der Waals surface area contributed by atoms with E-state index in [1.165, 1.54) is 52.3 Å². The number of carboxylic acid groups (broad SMARTS) is 1. The SMILES string of the molecule is CC(C)c1cccc(S(=O)(=O)C2(c3ccc(C(F)(C(F)(F)F)C(F)(F)F)cc3)CCN(C(=O)C3CCC(C(=O)OCCc4cccc(S(=O)(=O)C5(c6ccc(C(F)(C(F)(F)F)C(F)(F)F)cc6)CCN(C(=O)C6CCC(C(=O)O)CC6)C5)c4)CC3)C2)c1. The third-order valence-electron chi connectivity index (χ3n) is 17.8. The van der Waals surface area contributed by atoms with Gasteiger partial charge in [0.2, 0.25) is 11.8 Å². The Kier molecular flexibility index (Phi) is 18.3. The maximum Gasteiger partial charge on any atom is 0.435 e. The van der Waals surface area contributed by atoms with Gasteiger partial charge in [0.15, 0.2) is 19.7 Å². The van der Waals surface area contributed by atoms with E-state index >= 15 is 8.78 Å². The van der Waals surface area contributed by atoms with Gasteiger partial charge in [-0.05, 0) is 117 Å². The number of nitrogens with zero attached hydrogens (tertiary/aromatic N) is 2. The number of ether oxygens (including phenoxy) is 1. The van der Waals surface area contributed by atoms with Gasteiger partial charge in [-0.3, -0.25) is 19.2 Å². The first-order valence-electron chi connectivity index (χ1n) is 27.8. The lowest BCUT2D eigenvalue weighted by Gasteiger charge is -2.33.